The Bertz CT molecular complexity index is 874. The van der Waals surface area contributed by atoms with Gasteiger partial charge in [-0.2, -0.15) is 0 Å². The van der Waals surface area contributed by atoms with E-state index in [4.69, 9.17) is 0 Å². The molecule has 1 aliphatic rings. The van der Waals surface area contributed by atoms with Crippen molar-refractivity contribution in [2.24, 2.45) is 0 Å². The molecule has 138 valence electrons. The molecule has 2 aromatic rings. The first-order valence-electron chi connectivity index (χ1n) is 8.73. The maximum absolute atomic E-state index is 13.6. The smallest absolute Gasteiger partial charge is 0.174 e. The average Bonchev–Trinajstić information content (AvgIpc) is 2.66. The zero-order valence-corrected chi connectivity index (χ0v) is 14.9. The molecule has 0 spiro atoms. The molecular weight excluding hydrogens is 349 g/mol. The van der Waals surface area contributed by atoms with Gasteiger partial charge in [-0.1, -0.05) is 36.4 Å². The first-order chi connectivity index (χ1) is 13.0. The number of carbonyl (C=O) groups excluding carboxylic acids is 1. The maximum atomic E-state index is 13.6. The van der Waals surface area contributed by atoms with Gasteiger partial charge >= 0.3 is 0 Å². The highest BCUT2D eigenvalue weighted by Gasteiger charge is 2.44. The third kappa shape index (κ3) is 3.52. The van der Waals surface area contributed by atoms with Crippen LogP contribution < -0.4 is 0 Å². The number of hydrogen-bond donors (Lipinski definition) is 0. The summed E-state index contributed by atoms with van der Waals surface area (Å²) in [6.07, 6.45) is 6.54. The third-order valence-electron chi connectivity index (χ3n) is 4.82. The van der Waals surface area contributed by atoms with Crippen molar-refractivity contribution in [1.29, 1.82) is 0 Å². The van der Waals surface area contributed by atoms with Crippen LogP contribution in [0.5, 0.6) is 0 Å². The van der Waals surface area contributed by atoms with Crippen molar-refractivity contribution < 1.29 is 18.0 Å². The summed E-state index contributed by atoms with van der Waals surface area (Å²) in [5.41, 5.74) is 0.525. The molecule has 0 fully saturated rings. The van der Waals surface area contributed by atoms with E-state index in [0.29, 0.717) is 23.1 Å². The molecule has 0 atom stereocenters. The van der Waals surface area contributed by atoms with E-state index in [1.165, 1.54) is 36.4 Å². The summed E-state index contributed by atoms with van der Waals surface area (Å²) in [4.78, 5) is 13.4. The number of hydrogen-bond acceptors (Lipinski definition) is 1. The highest BCUT2D eigenvalue weighted by Crippen LogP contribution is 2.44. The van der Waals surface area contributed by atoms with Crippen molar-refractivity contribution in [2.45, 2.75) is 25.2 Å². The van der Waals surface area contributed by atoms with Crippen LogP contribution >= 0.6 is 0 Å². The molecule has 0 N–H and O–H groups in total. The summed E-state index contributed by atoms with van der Waals surface area (Å²) in [5, 5.41) is 0. The van der Waals surface area contributed by atoms with E-state index in [1.807, 2.05) is 0 Å². The standard InChI is InChI=1S/C23H19F3O/c1-2-3-22(27)23(16-4-10-19(24)11-5-16,17-6-12-20(25)13-7-17)18-8-14-21(26)15-9-18/h2-8,10-14H,9,15H2,1H3/b3-2+. The van der Waals surface area contributed by atoms with Gasteiger partial charge in [0.1, 0.15) is 22.9 Å². The minimum atomic E-state index is -1.27. The monoisotopic (exact) mass is 368 g/mol. The maximum Gasteiger partial charge on any atom is 0.174 e. The van der Waals surface area contributed by atoms with Crippen molar-refractivity contribution in [3.05, 3.63) is 107 Å². The zero-order chi connectivity index (χ0) is 19.4. The average molecular weight is 368 g/mol. The third-order valence-corrected chi connectivity index (χ3v) is 4.82. The molecule has 0 amide bonds. The number of allylic oxidation sites excluding steroid dienone is 6. The molecule has 3 rings (SSSR count). The number of halogens is 3. The Morgan fingerprint density at radius 1 is 0.852 bits per heavy atom. The summed E-state index contributed by atoms with van der Waals surface area (Å²) < 4.78 is 40.7. The van der Waals surface area contributed by atoms with Crippen LogP contribution in [0.1, 0.15) is 30.9 Å². The fourth-order valence-electron chi connectivity index (χ4n) is 3.58. The normalized spacial score (nSPS) is 14.8. The summed E-state index contributed by atoms with van der Waals surface area (Å²) in [5.74, 6) is -1.35. The van der Waals surface area contributed by atoms with Crippen molar-refractivity contribution in [2.75, 3.05) is 0 Å². The van der Waals surface area contributed by atoms with Crippen LogP contribution in [0.2, 0.25) is 0 Å². The minimum Gasteiger partial charge on any atom is -0.293 e. The van der Waals surface area contributed by atoms with Crippen LogP contribution in [0.4, 0.5) is 13.2 Å². The minimum absolute atomic E-state index is 0.180. The molecule has 1 aliphatic carbocycles. The molecule has 0 unspecified atom stereocenters. The highest BCUT2D eigenvalue weighted by molar-refractivity contribution is 6.05. The number of ketones is 1. The molecule has 0 bridgehead atoms. The molecule has 27 heavy (non-hydrogen) atoms. The van der Waals surface area contributed by atoms with Crippen molar-refractivity contribution >= 4 is 5.78 Å². The number of carbonyl (C=O) groups is 1. The second kappa shape index (κ2) is 7.78. The largest absolute Gasteiger partial charge is 0.293 e. The number of benzene rings is 2. The van der Waals surface area contributed by atoms with Gasteiger partial charge in [-0.15, -0.1) is 0 Å². The summed E-state index contributed by atoms with van der Waals surface area (Å²) in [6, 6.07) is 11.4. The molecule has 0 radical (unpaired) electrons. The Hall–Kier alpha value is -2.88. The quantitative estimate of drug-likeness (QED) is 0.594. The molecule has 0 saturated carbocycles. The van der Waals surface area contributed by atoms with Crippen molar-refractivity contribution in [3.63, 3.8) is 0 Å². The lowest BCUT2D eigenvalue weighted by atomic mass is 9.64. The van der Waals surface area contributed by atoms with E-state index in [2.05, 4.69) is 0 Å². The van der Waals surface area contributed by atoms with Crippen LogP contribution in [0.15, 0.2) is 84.2 Å². The van der Waals surface area contributed by atoms with Crippen molar-refractivity contribution in [3.8, 4) is 0 Å². The van der Waals surface area contributed by atoms with Crippen molar-refractivity contribution in [1.82, 2.24) is 0 Å². The zero-order valence-electron chi connectivity index (χ0n) is 14.9. The SMILES string of the molecule is C/C=C/C(=O)C(C1=CC=C(F)CC1)(c1ccc(F)cc1)c1ccc(F)cc1. The number of rotatable bonds is 5. The highest BCUT2D eigenvalue weighted by atomic mass is 19.1. The van der Waals surface area contributed by atoms with Gasteiger partial charge < -0.3 is 0 Å². The Labute approximate surface area is 156 Å². The fraction of sp³-hybridized carbons (Fsp3) is 0.174. The molecule has 0 aromatic heterocycles. The first-order valence-corrected chi connectivity index (χ1v) is 8.73. The van der Waals surface area contributed by atoms with E-state index in [1.54, 1.807) is 43.3 Å². The predicted octanol–water partition coefficient (Wildman–Crippen LogP) is 5.97. The fourth-order valence-corrected chi connectivity index (χ4v) is 3.58. The van der Waals surface area contributed by atoms with Crippen LogP contribution in [-0.2, 0) is 10.2 Å². The molecule has 1 nitrogen and oxygen atoms in total. The second-order valence-electron chi connectivity index (χ2n) is 6.43. The van der Waals surface area contributed by atoms with Gasteiger partial charge in [0.15, 0.2) is 5.78 Å². The van der Waals surface area contributed by atoms with Crippen LogP contribution in [0, 0.1) is 11.6 Å². The first kappa shape index (κ1) is 18.9. The summed E-state index contributed by atoms with van der Waals surface area (Å²) in [6.45, 7) is 1.73. The van der Waals surface area contributed by atoms with E-state index < -0.39 is 17.0 Å². The second-order valence-corrected chi connectivity index (χ2v) is 6.43. The van der Waals surface area contributed by atoms with Crippen LogP contribution in [0.25, 0.3) is 0 Å². The van der Waals surface area contributed by atoms with Gasteiger partial charge in [-0.3, -0.25) is 4.79 Å². The lowest BCUT2D eigenvalue weighted by Gasteiger charge is -2.36. The topological polar surface area (TPSA) is 17.1 Å². The molecular formula is C23H19F3O. The van der Waals surface area contributed by atoms with E-state index in [0.717, 1.165) is 0 Å². The van der Waals surface area contributed by atoms with Gasteiger partial charge in [-0.25, -0.2) is 13.2 Å². The van der Waals surface area contributed by atoms with Gasteiger partial charge in [0.2, 0.25) is 0 Å². The van der Waals surface area contributed by atoms with Crippen LogP contribution in [0.3, 0.4) is 0 Å². The molecule has 0 heterocycles. The van der Waals surface area contributed by atoms with Gasteiger partial charge in [0.05, 0.1) is 0 Å². The predicted molar refractivity (Wildman–Crippen MR) is 99.9 cm³/mol. The lowest BCUT2D eigenvalue weighted by molar-refractivity contribution is -0.117. The molecule has 4 heteroatoms. The Morgan fingerprint density at radius 2 is 1.37 bits per heavy atom. The van der Waals surface area contributed by atoms with Gasteiger partial charge in [-0.05, 0) is 66.5 Å². The molecule has 0 saturated heterocycles. The van der Waals surface area contributed by atoms with Crippen LogP contribution in [-0.4, -0.2) is 5.78 Å². The molecule has 0 aliphatic heterocycles. The summed E-state index contributed by atoms with van der Waals surface area (Å²) >= 11 is 0. The van der Waals surface area contributed by atoms with Gasteiger partial charge in [0, 0.05) is 6.42 Å². The van der Waals surface area contributed by atoms with E-state index in [9.17, 15) is 18.0 Å². The Balaban J connectivity index is 2.35. The Morgan fingerprint density at radius 3 is 1.78 bits per heavy atom. The Kier molecular flexibility index (Phi) is 5.45. The summed E-state index contributed by atoms with van der Waals surface area (Å²) in [7, 11) is 0. The van der Waals surface area contributed by atoms with Gasteiger partial charge in [0.25, 0.3) is 0 Å². The van der Waals surface area contributed by atoms with E-state index in [-0.39, 0.29) is 18.0 Å². The lowest BCUT2D eigenvalue weighted by Crippen LogP contribution is -2.39. The van der Waals surface area contributed by atoms with E-state index >= 15 is 0 Å². The molecule has 2 aromatic carbocycles.